The molecule has 0 bridgehead atoms. The fourth-order valence-electron chi connectivity index (χ4n) is 3.42. The number of nitrogens with two attached hydrogens (primary N) is 1. The SMILES string of the molecule is Cc1cc(-c2ccc(N)c(NCc3ccc4ncccc4c3)n2)ccc1OCC(C)(C)O. The Morgan fingerprint density at radius 3 is 2.69 bits per heavy atom. The first-order chi connectivity index (χ1) is 15.3. The minimum absolute atomic E-state index is 0.228. The van der Waals surface area contributed by atoms with Crippen LogP contribution < -0.4 is 15.8 Å². The molecular formula is C26H28N4O2. The van der Waals surface area contributed by atoms with Crippen LogP contribution in [0.15, 0.2) is 66.9 Å². The number of nitrogens with one attached hydrogen (secondary N) is 1. The molecule has 6 heteroatoms. The number of aliphatic hydroxyl groups is 1. The number of fused-ring (bicyclic) bond motifs is 1. The van der Waals surface area contributed by atoms with Crippen molar-refractivity contribution >= 4 is 22.4 Å². The molecular weight excluding hydrogens is 400 g/mol. The van der Waals surface area contributed by atoms with Gasteiger partial charge in [-0.1, -0.05) is 12.1 Å². The summed E-state index contributed by atoms with van der Waals surface area (Å²) in [6.45, 7) is 6.26. The summed E-state index contributed by atoms with van der Waals surface area (Å²) in [6, 6.07) is 19.8. The summed E-state index contributed by atoms with van der Waals surface area (Å²) < 4.78 is 5.75. The molecule has 0 unspecified atom stereocenters. The molecule has 2 aromatic carbocycles. The summed E-state index contributed by atoms with van der Waals surface area (Å²) in [4.78, 5) is 9.11. The molecule has 4 rings (SSSR count). The van der Waals surface area contributed by atoms with E-state index in [2.05, 4.69) is 28.5 Å². The van der Waals surface area contributed by atoms with Gasteiger partial charge in [-0.3, -0.25) is 4.98 Å². The van der Waals surface area contributed by atoms with Crippen molar-refractivity contribution in [2.45, 2.75) is 32.9 Å². The fraction of sp³-hybridized carbons (Fsp3) is 0.231. The highest BCUT2D eigenvalue weighted by molar-refractivity contribution is 5.79. The maximum atomic E-state index is 9.89. The summed E-state index contributed by atoms with van der Waals surface area (Å²) >= 11 is 0. The molecule has 0 amide bonds. The number of nitrogens with zero attached hydrogens (tertiary/aromatic N) is 2. The molecule has 2 heterocycles. The highest BCUT2D eigenvalue weighted by Gasteiger charge is 2.14. The van der Waals surface area contributed by atoms with Crippen molar-refractivity contribution in [2.24, 2.45) is 0 Å². The zero-order valence-electron chi connectivity index (χ0n) is 18.6. The van der Waals surface area contributed by atoms with Gasteiger partial charge in [0.05, 0.1) is 22.5 Å². The zero-order valence-corrected chi connectivity index (χ0v) is 18.6. The molecule has 0 aliphatic carbocycles. The molecule has 0 radical (unpaired) electrons. The van der Waals surface area contributed by atoms with E-state index in [0.29, 0.717) is 18.1 Å². The lowest BCUT2D eigenvalue weighted by molar-refractivity contribution is 0.0283. The van der Waals surface area contributed by atoms with E-state index in [1.807, 2.05) is 49.4 Å². The molecule has 0 saturated carbocycles. The third-order valence-electron chi connectivity index (χ3n) is 5.11. The Bertz CT molecular complexity index is 1250. The lowest BCUT2D eigenvalue weighted by Crippen LogP contribution is -2.28. The molecule has 0 aliphatic rings. The molecule has 0 aliphatic heterocycles. The summed E-state index contributed by atoms with van der Waals surface area (Å²) in [6.07, 6.45) is 1.80. The van der Waals surface area contributed by atoms with Gasteiger partial charge >= 0.3 is 0 Å². The summed E-state index contributed by atoms with van der Waals surface area (Å²) in [5, 5.41) is 14.3. The van der Waals surface area contributed by atoms with Crippen LogP contribution in [0, 0.1) is 6.92 Å². The minimum atomic E-state index is -0.883. The van der Waals surface area contributed by atoms with Crippen molar-refractivity contribution in [1.29, 1.82) is 0 Å². The van der Waals surface area contributed by atoms with Crippen molar-refractivity contribution in [3.05, 3.63) is 78.0 Å². The number of anilines is 2. The summed E-state index contributed by atoms with van der Waals surface area (Å²) in [5.41, 5.74) is 10.8. The van der Waals surface area contributed by atoms with E-state index in [1.165, 1.54) is 0 Å². The van der Waals surface area contributed by atoms with Crippen LogP contribution in [-0.2, 0) is 6.54 Å². The molecule has 164 valence electrons. The van der Waals surface area contributed by atoms with Gasteiger partial charge in [-0.05, 0) is 80.4 Å². The maximum Gasteiger partial charge on any atom is 0.150 e. The third-order valence-corrected chi connectivity index (χ3v) is 5.11. The molecule has 4 N–H and O–H groups in total. The number of ether oxygens (including phenoxy) is 1. The van der Waals surface area contributed by atoms with Gasteiger partial charge in [-0.15, -0.1) is 0 Å². The van der Waals surface area contributed by atoms with Gasteiger partial charge in [-0.25, -0.2) is 4.98 Å². The monoisotopic (exact) mass is 428 g/mol. The quantitative estimate of drug-likeness (QED) is 0.386. The van der Waals surface area contributed by atoms with Gasteiger partial charge in [0, 0.05) is 23.7 Å². The van der Waals surface area contributed by atoms with E-state index in [4.69, 9.17) is 15.5 Å². The Morgan fingerprint density at radius 1 is 1.06 bits per heavy atom. The van der Waals surface area contributed by atoms with Gasteiger partial charge in [0.15, 0.2) is 0 Å². The largest absolute Gasteiger partial charge is 0.490 e. The molecule has 0 saturated heterocycles. The van der Waals surface area contributed by atoms with E-state index in [1.54, 1.807) is 20.0 Å². The second-order valence-electron chi connectivity index (χ2n) is 8.60. The first-order valence-corrected chi connectivity index (χ1v) is 10.6. The van der Waals surface area contributed by atoms with Crippen molar-refractivity contribution in [3.8, 4) is 17.0 Å². The van der Waals surface area contributed by atoms with Crippen molar-refractivity contribution in [3.63, 3.8) is 0 Å². The lowest BCUT2D eigenvalue weighted by atomic mass is 10.1. The normalized spacial score (nSPS) is 11.5. The zero-order chi connectivity index (χ0) is 22.7. The summed E-state index contributed by atoms with van der Waals surface area (Å²) in [5.74, 6) is 1.39. The topological polar surface area (TPSA) is 93.3 Å². The number of nitrogen functional groups attached to an aromatic ring is 1. The lowest BCUT2D eigenvalue weighted by Gasteiger charge is -2.19. The summed E-state index contributed by atoms with van der Waals surface area (Å²) in [7, 11) is 0. The Labute approximate surface area is 188 Å². The third kappa shape index (κ3) is 5.15. The van der Waals surface area contributed by atoms with Gasteiger partial charge in [0.1, 0.15) is 18.2 Å². The fourth-order valence-corrected chi connectivity index (χ4v) is 3.42. The van der Waals surface area contributed by atoms with E-state index >= 15 is 0 Å². The molecule has 0 fully saturated rings. The highest BCUT2D eigenvalue weighted by atomic mass is 16.5. The minimum Gasteiger partial charge on any atom is -0.490 e. The first-order valence-electron chi connectivity index (χ1n) is 10.6. The predicted octanol–water partition coefficient (Wildman–Crippen LogP) is 4.95. The second kappa shape index (κ2) is 8.85. The van der Waals surface area contributed by atoms with Crippen LogP contribution >= 0.6 is 0 Å². The van der Waals surface area contributed by atoms with E-state index in [0.717, 1.165) is 39.0 Å². The van der Waals surface area contributed by atoms with Gasteiger partial charge < -0.3 is 20.9 Å². The number of benzene rings is 2. The van der Waals surface area contributed by atoms with Crippen LogP contribution in [0.5, 0.6) is 5.75 Å². The Hall–Kier alpha value is -3.64. The molecule has 32 heavy (non-hydrogen) atoms. The van der Waals surface area contributed by atoms with Gasteiger partial charge in [0.2, 0.25) is 0 Å². The number of aryl methyl sites for hydroxylation is 1. The van der Waals surface area contributed by atoms with Gasteiger partial charge in [-0.2, -0.15) is 0 Å². The molecule has 6 nitrogen and oxygen atoms in total. The van der Waals surface area contributed by atoms with Crippen LogP contribution in [0.3, 0.4) is 0 Å². The van der Waals surface area contributed by atoms with Crippen molar-refractivity contribution < 1.29 is 9.84 Å². The van der Waals surface area contributed by atoms with Crippen molar-refractivity contribution in [2.75, 3.05) is 17.7 Å². The van der Waals surface area contributed by atoms with Crippen LogP contribution in [0.25, 0.3) is 22.2 Å². The molecule has 2 aromatic heterocycles. The van der Waals surface area contributed by atoms with E-state index < -0.39 is 5.60 Å². The molecule has 0 spiro atoms. The number of pyridine rings is 2. The van der Waals surface area contributed by atoms with E-state index in [-0.39, 0.29) is 6.61 Å². The van der Waals surface area contributed by atoms with Crippen LogP contribution in [-0.4, -0.2) is 27.3 Å². The highest BCUT2D eigenvalue weighted by Crippen LogP contribution is 2.28. The van der Waals surface area contributed by atoms with E-state index in [9.17, 15) is 5.11 Å². The van der Waals surface area contributed by atoms with Crippen LogP contribution in [0.1, 0.15) is 25.0 Å². The maximum absolute atomic E-state index is 9.89. The standard InChI is InChI=1S/C26H28N4O2/c1-17-13-20(7-11-24(17)32-16-26(2,3)31)23-10-8-21(27)25(30-23)29-15-18-6-9-22-19(14-18)5-4-12-28-22/h4-14,31H,15-16,27H2,1-3H3,(H,29,30). The van der Waals surface area contributed by atoms with Crippen molar-refractivity contribution in [1.82, 2.24) is 9.97 Å². The number of hydrogen-bond acceptors (Lipinski definition) is 6. The Balaban J connectivity index is 1.51. The number of aromatic nitrogens is 2. The van der Waals surface area contributed by atoms with Crippen LogP contribution in [0.4, 0.5) is 11.5 Å². The van der Waals surface area contributed by atoms with Crippen LogP contribution in [0.2, 0.25) is 0 Å². The predicted molar refractivity (Wildman–Crippen MR) is 130 cm³/mol. The second-order valence-corrected chi connectivity index (χ2v) is 8.60. The Kier molecular flexibility index (Phi) is 5.97. The average molecular weight is 429 g/mol. The Morgan fingerprint density at radius 2 is 1.91 bits per heavy atom. The number of hydrogen-bond donors (Lipinski definition) is 3. The molecule has 0 atom stereocenters. The molecule has 4 aromatic rings. The van der Waals surface area contributed by atoms with Gasteiger partial charge in [0.25, 0.3) is 0 Å². The smallest absolute Gasteiger partial charge is 0.150 e. The average Bonchev–Trinajstić information content (AvgIpc) is 2.77. The first kappa shape index (κ1) is 21.6. The number of rotatable bonds is 7.